The minimum Gasteiger partial charge on any atom is -0.368 e. The topological polar surface area (TPSA) is 64.4 Å². The van der Waals surface area contributed by atoms with E-state index in [0.717, 1.165) is 11.3 Å². The second-order valence-corrected chi connectivity index (χ2v) is 6.76. The molecule has 0 aliphatic carbocycles. The van der Waals surface area contributed by atoms with Crippen LogP contribution in [0, 0.1) is 18.3 Å². The first-order valence-electron chi connectivity index (χ1n) is 6.12. The quantitative estimate of drug-likeness (QED) is 0.808. The van der Waals surface area contributed by atoms with Gasteiger partial charge in [-0.3, -0.25) is 0 Å². The maximum Gasteiger partial charge on any atom is 0.211 e. The normalized spacial score (nSPS) is 17.2. The summed E-state index contributed by atoms with van der Waals surface area (Å²) in [6, 6.07) is 7.89. The van der Waals surface area contributed by atoms with Gasteiger partial charge in [-0.15, -0.1) is 0 Å². The third kappa shape index (κ3) is 3.06. The highest BCUT2D eigenvalue weighted by molar-refractivity contribution is 7.88. The highest BCUT2D eigenvalue weighted by Gasteiger charge is 2.24. The lowest BCUT2D eigenvalue weighted by Gasteiger charge is -2.35. The van der Waals surface area contributed by atoms with Crippen LogP contribution >= 0.6 is 0 Å². The lowest BCUT2D eigenvalue weighted by atomic mass is 10.1. The third-order valence-corrected chi connectivity index (χ3v) is 4.63. The highest BCUT2D eigenvalue weighted by Crippen LogP contribution is 2.23. The molecule has 0 amide bonds. The second kappa shape index (κ2) is 5.19. The van der Waals surface area contributed by atoms with Crippen LogP contribution in [0.4, 0.5) is 5.69 Å². The number of aryl methyl sites for hydroxylation is 1. The molecule has 1 aromatic rings. The van der Waals surface area contributed by atoms with Gasteiger partial charge < -0.3 is 4.90 Å². The monoisotopic (exact) mass is 279 g/mol. The summed E-state index contributed by atoms with van der Waals surface area (Å²) in [5, 5.41) is 9.14. The Bertz CT molecular complexity index is 611. The molecule has 0 atom stereocenters. The van der Waals surface area contributed by atoms with Crippen molar-refractivity contribution in [3.63, 3.8) is 0 Å². The fraction of sp³-hybridized carbons (Fsp3) is 0.462. The molecular weight excluding hydrogens is 262 g/mol. The predicted octanol–water partition coefficient (Wildman–Crippen LogP) is 0.948. The molecule has 1 aliphatic heterocycles. The van der Waals surface area contributed by atoms with Crippen LogP contribution in [0.1, 0.15) is 11.1 Å². The molecule has 0 unspecified atom stereocenters. The van der Waals surface area contributed by atoms with Crippen LogP contribution < -0.4 is 4.90 Å². The minimum absolute atomic E-state index is 0.470. The summed E-state index contributed by atoms with van der Waals surface area (Å²) in [7, 11) is -3.11. The first-order chi connectivity index (χ1) is 8.91. The molecule has 19 heavy (non-hydrogen) atoms. The third-order valence-electron chi connectivity index (χ3n) is 3.32. The molecule has 0 saturated carbocycles. The molecule has 1 saturated heterocycles. The molecular formula is C13H17N3O2S. The molecule has 6 heteroatoms. The fourth-order valence-corrected chi connectivity index (χ4v) is 3.09. The molecule has 102 valence electrons. The van der Waals surface area contributed by atoms with Crippen molar-refractivity contribution in [1.82, 2.24) is 4.31 Å². The van der Waals surface area contributed by atoms with Gasteiger partial charge >= 0.3 is 0 Å². The number of hydrogen-bond acceptors (Lipinski definition) is 4. The van der Waals surface area contributed by atoms with E-state index < -0.39 is 10.0 Å². The van der Waals surface area contributed by atoms with Crippen molar-refractivity contribution in [2.24, 2.45) is 0 Å². The maximum atomic E-state index is 11.5. The van der Waals surface area contributed by atoms with Gasteiger partial charge in [-0.1, -0.05) is 6.07 Å². The predicted molar refractivity (Wildman–Crippen MR) is 74.5 cm³/mol. The molecule has 0 radical (unpaired) electrons. The van der Waals surface area contributed by atoms with Crippen molar-refractivity contribution < 1.29 is 8.42 Å². The zero-order chi connectivity index (χ0) is 14.0. The van der Waals surface area contributed by atoms with E-state index in [0.29, 0.717) is 31.7 Å². The molecule has 1 fully saturated rings. The van der Waals surface area contributed by atoms with E-state index in [1.54, 1.807) is 0 Å². The van der Waals surface area contributed by atoms with E-state index in [-0.39, 0.29) is 0 Å². The Morgan fingerprint density at radius 2 is 1.84 bits per heavy atom. The van der Waals surface area contributed by atoms with Gasteiger partial charge in [-0.25, -0.2) is 8.42 Å². The number of piperazine rings is 1. The van der Waals surface area contributed by atoms with Crippen LogP contribution in [-0.2, 0) is 10.0 Å². The van der Waals surface area contributed by atoms with Crippen LogP contribution in [0.15, 0.2) is 18.2 Å². The maximum absolute atomic E-state index is 11.5. The summed E-state index contributed by atoms with van der Waals surface area (Å²) in [5.41, 5.74) is 2.63. The Hall–Kier alpha value is -1.58. The molecule has 0 bridgehead atoms. The number of sulfonamides is 1. The van der Waals surface area contributed by atoms with Crippen molar-refractivity contribution in [3.05, 3.63) is 29.3 Å². The smallest absolute Gasteiger partial charge is 0.211 e. The number of hydrogen-bond donors (Lipinski definition) is 0. The van der Waals surface area contributed by atoms with Crippen molar-refractivity contribution in [2.45, 2.75) is 6.92 Å². The number of nitriles is 1. The SMILES string of the molecule is Cc1ccc(C#N)c(N2CCN(S(C)(=O)=O)CC2)c1. The van der Waals surface area contributed by atoms with Gasteiger partial charge in [0.1, 0.15) is 6.07 Å². The van der Waals surface area contributed by atoms with Gasteiger partial charge in [0.15, 0.2) is 0 Å². The van der Waals surface area contributed by atoms with E-state index >= 15 is 0 Å². The van der Waals surface area contributed by atoms with Crippen LogP contribution in [0.5, 0.6) is 0 Å². The van der Waals surface area contributed by atoms with Gasteiger partial charge in [0, 0.05) is 26.2 Å². The first-order valence-corrected chi connectivity index (χ1v) is 7.97. The lowest BCUT2D eigenvalue weighted by molar-refractivity contribution is 0.388. The van der Waals surface area contributed by atoms with Crippen LogP contribution in [-0.4, -0.2) is 45.2 Å². The molecule has 1 aromatic carbocycles. The molecule has 0 N–H and O–H groups in total. The number of anilines is 1. The Balaban J connectivity index is 2.19. The number of benzene rings is 1. The number of rotatable bonds is 2. The van der Waals surface area contributed by atoms with E-state index in [4.69, 9.17) is 5.26 Å². The molecule has 0 aromatic heterocycles. The van der Waals surface area contributed by atoms with Crippen LogP contribution in [0.3, 0.4) is 0 Å². The Kier molecular flexibility index (Phi) is 3.78. The highest BCUT2D eigenvalue weighted by atomic mass is 32.2. The summed E-state index contributed by atoms with van der Waals surface area (Å²) in [6.07, 6.45) is 1.23. The second-order valence-electron chi connectivity index (χ2n) is 4.78. The van der Waals surface area contributed by atoms with Crippen LogP contribution in [0.2, 0.25) is 0 Å². The summed E-state index contributed by atoms with van der Waals surface area (Å²) >= 11 is 0. The van der Waals surface area contributed by atoms with E-state index in [2.05, 4.69) is 11.0 Å². The number of nitrogens with zero attached hydrogens (tertiary/aromatic N) is 3. The molecule has 1 heterocycles. The van der Waals surface area contributed by atoms with Gasteiger partial charge in [0.2, 0.25) is 10.0 Å². The lowest BCUT2D eigenvalue weighted by Crippen LogP contribution is -2.48. The van der Waals surface area contributed by atoms with E-state index in [1.165, 1.54) is 10.6 Å². The summed E-state index contributed by atoms with van der Waals surface area (Å²) in [4.78, 5) is 2.08. The van der Waals surface area contributed by atoms with Crippen molar-refractivity contribution in [1.29, 1.82) is 5.26 Å². The minimum atomic E-state index is -3.11. The van der Waals surface area contributed by atoms with Crippen molar-refractivity contribution in [2.75, 3.05) is 37.3 Å². The van der Waals surface area contributed by atoms with Gasteiger partial charge in [0.05, 0.1) is 17.5 Å². The molecule has 5 nitrogen and oxygen atoms in total. The Morgan fingerprint density at radius 3 is 2.37 bits per heavy atom. The van der Waals surface area contributed by atoms with E-state index in [9.17, 15) is 8.42 Å². The zero-order valence-corrected chi connectivity index (χ0v) is 11.9. The Morgan fingerprint density at radius 1 is 1.21 bits per heavy atom. The first kappa shape index (κ1) is 13.8. The Labute approximate surface area is 114 Å². The molecule has 0 spiro atoms. The molecule has 1 aliphatic rings. The van der Waals surface area contributed by atoms with Crippen LogP contribution in [0.25, 0.3) is 0 Å². The fourth-order valence-electron chi connectivity index (χ4n) is 2.26. The summed E-state index contributed by atoms with van der Waals surface area (Å²) in [6.45, 7) is 4.16. The summed E-state index contributed by atoms with van der Waals surface area (Å²) in [5.74, 6) is 0. The molecule has 2 rings (SSSR count). The largest absolute Gasteiger partial charge is 0.368 e. The summed E-state index contributed by atoms with van der Waals surface area (Å²) < 4.78 is 24.4. The van der Waals surface area contributed by atoms with Crippen molar-refractivity contribution in [3.8, 4) is 6.07 Å². The van der Waals surface area contributed by atoms with Gasteiger partial charge in [-0.05, 0) is 24.6 Å². The van der Waals surface area contributed by atoms with Crippen molar-refractivity contribution >= 4 is 15.7 Å². The van der Waals surface area contributed by atoms with Gasteiger partial charge in [-0.2, -0.15) is 9.57 Å². The average Bonchev–Trinajstić information content (AvgIpc) is 2.38. The standard InChI is InChI=1S/C13H17N3O2S/c1-11-3-4-12(10-14)13(9-11)15-5-7-16(8-6-15)19(2,17)18/h3-4,9H,5-8H2,1-2H3. The average molecular weight is 279 g/mol. The van der Waals surface area contributed by atoms with Gasteiger partial charge in [0.25, 0.3) is 0 Å². The zero-order valence-electron chi connectivity index (χ0n) is 11.1. The van der Waals surface area contributed by atoms with E-state index in [1.807, 2.05) is 25.1 Å².